The zero-order valence-electron chi connectivity index (χ0n) is 9.57. The van der Waals surface area contributed by atoms with Crippen LogP contribution in [0.3, 0.4) is 0 Å². The molecule has 2 aromatic rings. The van der Waals surface area contributed by atoms with Gasteiger partial charge in [0.25, 0.3) is 0 Å². The third-order valence-corrected chi connectivity index (χ3v) is 3.96. The highest BCUT2D eigenvalue weighted by atomic mass is 32.1. The van der Waals surface area contributed by atoms with E-state index in [4.69, 9.17) is 0 Å². The Labute approximate surface area is 98.5 Å². The molecule has 1 heterocycles. The summed E-state index contributed by atoms with van der Waals surface area (Å²) in [5.74, 6) is -0.782. The molecule has 0 saturated heterocycles. The maximum atomic E-state index is 11.3. The second kappa shape index (κ2) is 3.59. The molecule has 0 aliphatic carbocycles. The zero-order valence-corrected chi connectivity index (χ0v) is 10.4. The van der Waals surface area contributed by atoms with E-state index in [1.165, 1.54) is 0 Å². The van der Waals surface area contributed by atoms with Crippen molar-refractivity contribution in [2.75, 3.05) is 0 Å². The highest BCUT2D eigenvalue weighted by molar-refractivity contribution is 7.17. The van der Waals surface area contributed by atoms with Crippen LogP contribution in [0.5, 0.6) is 0 Å². The number of aryl methyl sites for hydroxylation is 1. The molecule has 16 heavy (non-hydrogen) atoms. The molecule has 0 unspecified atom stereocenters. The van der Waals surface area contributed by atoms with Gasteiger partial charge in [0, 0.05) is 4.70 Å². The summed E-state index contributed by atoms with van der Waals surface area (Å²) in [6.45, 7) is 5.53. The van der Waals surface area contributed by atoms with Crippen molar-refractivity contribution in [3.8, 4) is 0 Å². The molecule has 3 heteroatoms. The molecule has 2 nitrogen and oxygen atoms in total. The molecule has 0 radical (unpaired) electrons. The summed E-state index contributed by atoms with van der Waals surface area (Å²) < 4.78 is 1.16. The number of hydrogen-bond acceptors (Lipinski definition) is 2. The molecule has 0 atom stereocenters. The largest absolute Gasteiger partial charge is 0.481 e. The molecule has 0 spiro atoms. The van der Waals surface area contributed by atoms with Crippen molar-refractivity contribution in [3.63, 3.8) is 0 Å². The van der Waals surface area contributed by atoms with E-state index in [1.54, 1.807) is 25.2 Å². The Morgan fingerprint density at radius 3 is 2.69 bits per heavy atom. The van der Waals surface area contributed by atoms with Gasteiger partial charge >= 0.3 is 5.97 Å². The van der Waals surface area contributed by atoms with Gasteiger partial charge in [-0.3, -0.25) is 4.79 Å². The topological polar surface area (TPSA) is 37.3 Å². The molecule has 0 saturated carbocycles. The van der Waals surface area contributed by atoms with Crippen LogP contribution in [0.15, 0.2) is 23.6 Å². The van der Waals surface area contributed by atoms with Crippen LogP contribution in [0.4, 0.5) is 0 Å². The Hall–Kier alpha value is -1.35. The van der Waals surface area contributed by atoms with Crippen molar-refractivity contribution in [1.82, 2.24) is 0 Å². The van der Waals surface area contributed by atoms with Crippen LogP contribution < -0.4 is 0 Å². The van der Waals surface area contributed by atoms with Gasteiger partial charge in [-0.2, -0.15) is 0 Å². The molecule has 0 aliphatic heterocycles. The summed E-state index contributed by atoms with van der Waals surface area (Å²) in [4.78, 5) is 11.3. The molecular weight excluding hydrogens is 220 g/mol. The van der Waals surface area contributed by atoms with Crippen LogP contribution in [0.25, 0.3) is 10.1 Å². The first-order valence-electron chi connectivity index (χ1n) is 5.15. The second-order valence-electron chi connectivity index (χ2n) is 4.53. The highest BCUT2D eigenvalue weighted by Crippen LogP contribution is 2.36. The number of benzene rings is 1. The number of hydrogen-bond donors (Lipinski definition) is 1. The number of fused-ring (bicyclic) bond motifs is 1. The minimum Gasteiger partial charge on any atom is -0.481 e. The lowest BCUT2D eigenvalue weighted by molar-refractivity contribution is -0.142. The van der Waals surface area contributed by atoms with Gasteiger partial charge in [-0.15, -0.1) is 11.3 Å². The van der Waals surface area contributed by atoms with Gasteiger partial charge < -0.3 is 5.11 Å². The summed E-state index contributed by atoms with van der Waals surface area (Å²) in [6, 6.07) is 6.07. The first-order valence-corrected chi connectivity index (χ1v) is 6.03. The summed E-state index contributed by atoms with van der Waals surface area (Å²) in [6.07, 6.45) is 0. The average molecular weight is 234 g/mol. The van der Waals surface area contributed by atoms with Gasteiger partial charge in [0.15, 0.2) is 0 Å². The number of aliphatic carboxylic acids is 1. The van der Waals surface area contributed by atoms with Gasteiger partial charge in [-0.05, 0) is 48.7 Å². The van der Waals surface area contributed by atoms with Gasteiger partial charge in [0.2, 0.25) is 0 Å². The molecule has 0 amide bonds. The number of carboxylic acid groups (broad SMARTS) is 1. The lowest BCUT2D eigenvalue weighted by atomic mass is 9.84. The van der Waals surface area contributed by atoms with Gasteiger partial charge in [-0.25, -0.2) is 0 Å². The number of carbonyl (C=O) groups is 1. The van der Waals surface area contributed by atoms with Crippen molar-refractivity contribution in [2.45, 2.75) is 26.2 Å². The maximum absolute atomic E-state index is 11.3. The van der Waals surface area contributed by atoms with E-state index < -0.39 is 11.4 Å². The first kappa shape index (κ1) is 11.1. The minimum absolute atomic E-state index is 0.782. The molecule has 1 aromatic carbocycles. The molecular formula is C13H14O2S. The van der Waals surface area contributed by atoms with E-state index in [2.05, 4.69) is 0 Å². The van der Waals surface area contributed by atoms with E-state index in [-0.39, 0.29) is 0 Å². The Morgan fingerprint density at radius 1 is 1.38 bits per heavy atom. The van der Waals surface area contributed by atoms with Crippen LogP contribution in [0.2, 0.25) is 0 Å². The lowest BCUT2D eigenvalue weighted by Gasteiger charge is -2.19. The number of rotatable bonds is 2. The van der Waals surface area contributed by atoms with E-state index in [1.807, 2.05) is 30.5 Å². The molecule has 84 valence electrons. The van der Waals surface area contributed by atoms with Crippen molar-refractivity contribution < 1.29 is 9.90 Å². The van der Waals surface area contributed by atoms with Crippen LogP contribution in [0.1, 0.15) is 25.0 Å². The normalized spacial score (nSPS) is 11.9. The van der Waals surface area contributed by atoms with Crippen LogP contribution >= 0.6 is 11.3 Å². The van der Waals surface area contributed by atoms with Crippen molar-refractivity contribution in [3.05, 3.63) is 34.7 Å². The van der Waals surface area contributed by atoms with E-state index in [0.29, 0.717) is 0 Å². The van der Waals surface area contributed by atoms with Crippen molar-refractivity contribution >= 4 is 27.4 Å². The van der Waals surface area contributed by atoms with Crippen LogP contribution in [-0.2, 0) is 10.2 Å². The zero-order chi connectivity index (χ0) is 11.9. The third kappa shape index (κ3) is 1.52. The Morgan fingerprint density at radius 2 is 2.06 bits per heavy atom. The van der Waals surface area contributed by atoms with E-state index in [0.717, 1.165) is 21.2 Å². The summed E-state index contributed by atoms with van der Waals surface area (Å²) in [7, 11) is 0. The molecule has 2 rings (SSSR count). The molecule has 0 aliphatic rings. The SMILES string of the molecule is Cc1cccc2scc(C(C)(C)C(=O)O)c12. The molecule has 0 fully saturated rings. The van der Waals surface area contributed by atoms with Crippen LogP contribution in [0, 0.1) is 6.92 Å². The highest BCUT2D eigenvalue weighted by Gasteiger charge is 2.32. The van der Waals surface area contributed by atoms with E-state index in [9.17, 15) is 9.90 Å². The Kier molecular flexibility index (Phi) is 2.50. The number of carboxylic acids is 1. The first-order chi connectivity index (χ1) is 7.44. The van der Waals surface area contributed by atoms with E-state index >= 15 is 0 Å². The molecule has 1 aromatic heterocycles. The molecule has 1 N–H and O–H groups in total. The quantitative estimate of drug-likeness (QED) is 0.862. The summed E-state index contributed by atoms with van der Waals surface area (Å²) in [5, 5.41) is 12.3. The predicted molar refractivity (Wildman–Crippen MR) is 67.2 cm³/mol. The number of thiophene rings is 1. The average Bonchev–Trinajstić information content (AvgIpc) is 2.63. The van der Waals surface area contributed by atoms with Crippen molar-refractivity contribution in [2.24, 2.45) is 0 Å². The lowest BCUT2D eigenvalue weighted by Crippen LogP contribution is -2.28. The Bertz CT molecular complexity index is 552. The summed E-state index contributed by atoms with van der Waals surface area (Å²) >= 11 is 1.61. The monoisotopic (exact) mass is 234 g/mol. The predicted octanol–water partition coefficient (Wildman–Crippen LogP) is 3.57. The van der Waals surface area contributed by atoms with Crippen LogP contribution in [-0.4, -0.2) is 11.1 Å². The fourth-order valence-electron chi connectivity index (χ4n) is 1.84. The Balaban J connectivity index is 2.76. The van der Waals surface area contributed by atoms with Crippen molar-refractivity contribution in [1.29, 1.82) is 0 Å². The fourth-order valence-corrected chi connectivity index (χ4v) is 3.04. The van der Waals surface area contributed by atoms with Gasteiger partial charge in [0.05, 0.1) is 5.41 Å². The minimum atomic E-state index is -0.829. The maximum Gasteiger partial charge on any atom is 0.313 e. The van der Waals surface area contributed by atoms with Gasteiger partial charge in [-0.1, -0.05) is 12.1 Å². The standard InChI is InChI=1S/C13H14O2S/c1-8-5-4-6-10-11(8)9(7-16-10)13(2,3)12(14)15/h4-7H,1-3H3,(H,14,15). The second-order valence-corrected chi connectivity index (χ2v) is 5.44. The fraction of sp³-hybridized carbons (Fsp3) is 0.308. The van der Waals surface area contributed by atoms with Gasteiger partial charge in [0.1, 0.15) is 0 Å². The third-order valence-electron chi connectivity index (χ3n) is 3.02. The summed E-state index contributed by atoms with van der Waals surface area (Å²) in [5.41, 5.74) is 1.23. The molecule has 0 bridgehead atoms. The smallest absolute Gasteiger partial charge is 0.313 e.